The molecule has 0 radical (unpaired) electrons. The Kier molecular flexibility index (Phi) is 5.91. The summed E-state index contributed by atoms with van der Waals surface area (Å²) in [6.45, 7) is 2.49. The summed E-state index contributed by atoms with van der Waals surface area (Å²) in [5.74, 6) is 1.24. The lowest BCUT2D eigenvalue weighted by atomic mass is 9.99. The van der Waals surface area contributed by atoms with E-state index in [9.17, 15) is 4.79 Å². The van der Waals surface area contributed by atoms with E-state index in [-0.39, 0.29) is 5.91 Å². The number of nitrogens with one attached hydrogen (secondary N) is 1. The standard InChI is InChI=1S/C29H24N4O2S/c1-2-35-24-17-16-20-12-6-7-13-21(20)25(24)27-30-23-15-9-8-14-22(23)26-28(34)31-29(32-33(26)27)36-18-19-10-4-3-5-11-19/h3-17,27H,2,18H2,1H3,(H,31,32,34)/t27-/m1/s1. The van der Waals surface area contributed by atoms with Crippen LogP contribution >= 0.6 is 11.8 Å². The number of amides is 1. The molecule has 0 saturated heterocycles. The molecule has 2 heterocycles. The molecule has 0 aliphatic carbocycles. The third kappa shape index (κ3) is 4.01. The highest BCUT2D eigenvalue weighted by Gasteiger charge is 2.36. The van der Waals surface area contributed by atoms with Gasteiger partial charge in [0.1, 0.15) is 11.4 Å². The topological polar surface area (TPSA) is 66.3 Å². The zero-order valence-electron chi connectivity index (χ0n) is 19.7. The maximum absolute atomic E-state index is 13.5. The van der Waals surface area contributed by atoms with Gasteiger partial charge in [0.25, 0.3) is 5.91 Å². The van der Waals surface area contributed by atoms with Crippen molar-refractivity contribution in [3.05, 3.63) is 113 Å². The van der Waals surface area contributed by atoms with Crippen molar-refractivity contribution in [2.75, 3.05) is 6.61 Å². The number of para-hydroxylation sites is 1. The fourth-order valence-corrected chi connectivity index (χ4v) is 5.44. The third-order valence-electron chi connectivity index (χ3n) is 6.22. The number of nitrogens with zero attached hydrogens (tertiary/aromatic N) is 3. The molecule has 1 N–H and O–H groups in total. The molecule has 6 nitrogen and oxygen atoms in total. The van der Waals surface area contributed by atoms with Gasteiger partial charge in [0, 0.05) is 16.5 Å². The van der Waals surface area contributed by atoms with Crippen molar-refractivity contribution >= 4 is 39.3 Å². The van der Waals surface area contributed by atoms with Crippen molar-refractivity contribution < 1.29 is 9.53 Å². The molecular formula is C29H24N4O2S. The average molecular weight is 493 g/mol. The predicted molar refractivity (Wildman–Crippen MR) is 144 cm³/mol. The van der Waals surface area contributed by atoms with Gasteiger partial charge in [-0.25, -0.2) is 5.01 Å². The van der Waals surface area contributed by atoms with E-state index in [0.29, 0.717) is 23.2 Å². The van der Waals surface area contributed by atoms with Crippen LogP contribution in [0.1, 0.15) is 24.2 Å². The van der Waals surface area contributed by atoms with Crippen LogP contribution in [0.2, 0.25) is 0 Å². The molecule has 0 spiro atoms. The van der Waals surface area contributed by atoms with Crippen LogP contribution in [0.3, 0.4) is 0 Å². The van der Waals surface area contributed by atoms with Crippen molar-refractivity contribution in [2.45, 2.75) is 18.8 Å². The van der Waals surface area contributed by atoms with E-state index in [2.05, 4.69) is 35.6 Å². The van der Waals surface area contributed by atoms with E-state index in [1.165, 1.54) is 11.8 Å². The van der Waals surface area contributed by atoms with Gasteiger partial charge < -0.3 is 4.74 Å². The first kappa shape index (κ1) is 22.4. The number of carbonyl (C=O) groups excluding carboxylic acids is 1. The number of ether oxygens (including phenoxy) is 1. The van der Waals surface area contributed by atoms with E-state index in [1.54, 1.807) is 5.01 Å². The van der Waals surface area contributed by atoms with E-state index in [0.717, 1.165) is 38.2 Å². The van der Waals surface area contributed by atoms with Crippen LogP contribution in [0.25, 0.3) is 16.5 Å². The molecule has 0 saturated carbocycles. The average Bonchev–Trinajstić information content (AvgIpc) is 2.92. The fourth-order valence-electron chi connectivity index (χ4n) is 4.63. The number of fused-ring (bicyclic) bond motifs is 3. The Morgan fingerprint density at radius 3 is 2.58 bits per heavy atom. The number of rotatable bonds is 5. The SMILES string of the molecule is CCOc1ccc2ccccc2c1[C@@H]1N=c2ccccc2=C2C(=O)NC(SCc3ccccc3)=NN21. The first-order valence-corrected chi connectivity index (χ1v) is 12.9. The lowest BCUT2D eigenvalue weighted by Crippen LogP contribution is -2.50. The largest absolute Gasteiger partial charge is 0.493 e. The van der Waals surface area contributed by atoms with E-state index >= 15 is 0 Å². The number of thioether (sulfide) groups is 1. The van der Waals surface area contributed by atoms with Gasteiger partial charge in [0.05, 0.1) is 12.0 Å². The second-order valence-corrected chi connectivity index (χ2v) is 9.44. The smallest absolute Gasteiger partial charge is 0.276 e. The molecule has 36 heavy (non-hydrogen) atoms. The highest BCUT2D eigenvalue weighted by atomic mass is 32.2. The predicted octanol–water partition coefficient (Wildman–Crippen LogP) is 4.31. The van der Waals surface area contributed by atoms with Crippen LogP contribution in [0.5, 0.6) is 5.75 Å². The van der Waals surface area contributed by atoms with Gasteiger partial charge in [-0.05, 0) is 35.4 Å². The number of carbonyl (C=O) groups is 1. The quantitative estimate of drug-likeness (QED) is 0.451. The first-order valence-electron chi connectivity index (χ1n) is 11.9. The number of amidine groups is 1. The number of hydrazone groups is 1. The lowest BCUT2D eigenvalue weighted by Gasteiger charge is -2.35. The molecule has 2 aliphatic rings. The number of benzene rings is 4. The van der Waals surface area contributed by atoms with Gasteiger partial charge in [0.15, 0.2) is 11.3 Å². The zero-order valence-corrected chi connectivity index (χ0v) is 20.5. The molecule has 178 valence electrons. The fraction of sp³-hybridized carbons (Fsp3) is 0.138. The Hall–Kier alpha value is -4.10. The summed E-state index contributed by atoms with van der Waals surface area (Å²) in [5.41, 5.74) is 2.55. The maximum Gasteiger partial charge on any atom is 0.276 e. The van der Waals surface area contributed by atoms with Gasteiger partial charge in [-0.3, -0.25) is 15.1 Å². The maximum atomic E-state index is 13.5. The molecule has 2 aliphatic heterocycles. The van der Waals surface area contributed by atoms with Crippen molar-refractivity contribution in [1.29, 1.82) is 0 Å². The monoisotopic (exact) mass is 492 g/mol. The molecule has 4 aromatic rings. The summed E-state index contributed by atoms with van der Waals surface area (Å²) in [5, 5.41) is 13.9. The number of hydrogen-bond donors (Lipinski definition) is 1. The minimum absolute atomic E-state index is 0.189. The van der Waals surface area contributed by atoms with Crippen LogP contribution in [-0.4, -0.2) is 22.7 Å². The normalized spacial score (nSPS) is 16.5. The minimum Gasteiger partial charge on any atom is -0.493 e. The molecular weight excluding hydrogens is 468 g/mol. The van der Waals surface area contributed by atoms with Crippen LogP contribution in [0.15, 0.2) is 101 Å². The van der Waals surface area contributed by atoms with Gasteiger partial charge >= 0.3 is 0 Å². The van der Waals surface area contributed by atoms with E-state index in [4.69, 9.17) is 14.8 Å². The van der Waals surface area contributed by atoms with Gasteiger partial charge in [-0.1, -0.05) is 90.6 Å². The van der Waals surface area contributed by atoms with Crippen molar-refractivity contribution in [3.8, 4) is 5.75 Å². The molecule has 1 amide bonds. The van der Waals surface area contributed by atoms with Crippen LogP contribution in [0, 0.1) is 0 Å². The lowest BCUT2D eigenvalue weighted by molar-refractivity contribution is -0.116. The molecule has 0 bridgehead atoms. The molecule has 0 fully saturated rings. The zero-order chi connectivity index (χ0) is 24.5. The van der Waals surface area contributed by atoms with Crippen molar-refractivity contribution in [3.63, 3.8) is 0 Å². The molecule has 0 aromatic heterocycles. The summed E-state index contributed by atoms with van der Waals surface area (Å²) in [4.78, 5) is 18.6. The summed E-state index contributed by atoms with van der Waals surface area (Å²) in [6.07, 6.45) is -0.555. The Labute approximate surface area is 213 Å². The molecule has 0 unspecified atom stereocenters. The molecule has 6 rings (SSSR count). The highest BCUT2D eigenvalue weighted by Crippen LogP contribution is 2.40. The summed E-state index contributed by atoms with van der Waals surface area (Å²) < 4.78 is 6.07. The first-order chi connectivity index (χ1) is 17.7. The van der Waals surface area contributed by atoms with Crippen molar-refractivity contribution in [1.82, 2.24) is 10.3 Å². The van der Waals surface area contributed by atoms with Gasteiger partial charge in [-0.15, -0.1) is 5.10 Å². The van der Waals surface area contributed by atoms with Crippen molar-refractivity contribution in [2.24, 2.45) is 10.1 Å². The van der Waals surface area contributed by atoms with E-state index < -0.39 is 6.17 Å². The summed E-state index contributed by atoms with van der Waals surface area (Å²) in [6, 6.07) is 30.1. The Morgan fingerprint density at radius 1 is 0.944 bits per heavy atom. The Morgan fingerprint density at radius 2 is 1.72 bits per heavy atom. The van der Waals surface area contributed by atoms with E-state index in [1.807, 2.05) is 67.6 Å². The molecule has 7 heteroatoms. The Bertz CT molecular complexity index is 1620. The second kappa shape index (κ2) is 9.51. The summed E-state index contributed by atoms with van der Waals surface area (Å²) >= 11 is 1.50. The number of hydrogen-bond acceptors (Lipinski definition) is 6. The van der Waals surface area contributed by atoms with Crippen LogP contribution in [0.4, 0.5) is 0 Å². The summed E-state index contributed by atoms with van der Waals surface area (Å²) in [7, 11) is 0. The molecule has 1 atom stereocenters. The highest BCUT2D eigenvalue weighted by molar-refractivity contribution is 8.13. The minimum atomic E-state index is -0.555. The van der Waals surface area contributed by atoms with Gasteiger partial charge in [-0.2, -0.15) is 0 Å². The third-order valence-corrected chi connectivity index (χ3v) is 7.16. The second-order valence-electron chi connectivity index (χ2n) is 8.48. The Balaban J connectivity index is 1.52. The van der Waals surface area contributed by atoms with Crippen LogP contribution < -0.4 is 20.6 Å². The van der Waals surface area contributed by atoms with Crippen LogP contribution in [-0.2, 0) is 10.5 Å². The molecule has 4 aromatic carbocycles. The van der Waals surface area contributed by atoms with Gasteiger partial charge in [0.2, 0.25) is 0 Å².